The van der Waals surface area contributed by atoms with Gasteiger partial charge in [-0.1, -0.05) is 6.92 Å². The zero-order valence-electron chi connectivity index (χ0n) is 11.7. The first kappa shape index (κ1) is 14.9. The zero-order valence-corrected chi connectivity index (χ0v) is 11.7. The minimum atomic E-state index is 0.0225. The average Bonchev–Trinajstić information content (AvgIpc) is 2.36. The van der Waals surface area contributed by atoms with E-state index in [9.17, 15) is 0 Å². The number of morpholine rings is 1. The second-order valence-corrected chi connectivity index (χ2v) is 5.30. The lowest BCUT2D eigenvalue weighted by Crippen LogP contribution is -2.62. The molecule has 4 nitrogen and oxygen atoms in total. The number of hydrogen-bond donors (Lipinski definition) is 1. The van der Waals surface area contributed by atoms with Gasteiger partial charge in [-0.25, -0.2) is 0 Å². The SMILES string of the molecule is CCC1COC(C)CN1C(C)(CN)CCOC. The van der Waals surface area contributed by atoms with Gasteiger partial charge in [0.05, 0.1) is 12.7 Å². The van der Waals surface area contributed by atoms with Crippen LogP contribution in [0.2, 0.25) is 0 Å². The fourth-order valence-electron chi connectivity index (χ4n) is 2.53. The van der Waals surface area contributed by atoms with Crippen molar-refractivity contribution in [2.24, 2.45) is 5.73 Å². The molecule has 0 amide bonds. The smallest absolute Gasteiger partial charge is 0.0675 e. The normalized spacial score (nSPS) is 30.2. The van der Waals surface area contributed by atoms with E-state index in [-0.39, 0.29) is 5.54 Å². The van der Waals surface area contributed by atoms with Gasteiger partial charge in [0.2, 0.25) is 0 Å². The largest absolute Gasteiger partial charge is 0.385 e. The molecule has 2 N–H and O–H groups in total. The molecule has 0 bridgehead atoms. The summed E-state index contributed by atoms with van der Waals surface area (Å²) in [7, 11) is 1.75. The Morgan fingerprint density at radius 3 is 2.76 bits per heavy atom. The van der Waals surface area contributed by atoms with Gasteiger partial charge in [0.1, 0.15) is 0 Å². The molecular weight excluding hydrogens is 216 g/mol. The summed E-state index contributed by atoms with van der Waals surface area (Å²) in [6.07, 6.45) is 2.38. The Labute approximate surface area is 105 Å². The van der Waals surface area contributed by atoms with Gasteiger partial charge in [-0.3, -0.25) is 4.90 Å². The summed E-state index contributed by atoms with van der Waals surface area (Å²) in [6, 6.07) is 0.483. The van der Waals surface area contributed by atoms with E-state index in [1.807, 2.05) is 0 Å². The van der Waals surface area contributed by atoms with Crippen LogP contribution in [-0.2, 0) is 9.47 Å². The Kier molecular flexibility index (Phi) is 5.86. The molecular formula is C13H28N2O2. The number of rotatable bonds is 6. The van der Waals surface area contributed by atoms with Crippen LogP contribution < -0.4 is 5.73 Å². The highest BCUT2D eigenvalue weighted by Gasteiger charge is 2.38. The van der Waals surface area contributed by atoms with Gasteiger partial charge < -0.3 is 15.2 Å². The molecule has 0 aromatic rings. The van der Waals surface area contributed by atoms with Crippen molar-refractivity contribution in [1.29, 1.82) is 0 Å². The van der Waals surface area contributed by atoms with Crippen LogP contribution in [0.25, 0.3) is 0 Å². The summed E-state index contributed by atoms with van der Waals surface area (Å²) in [4.78, 5) is 2.53. The lowest BCUT2D eigenvalue weighted by molar-refractivity contribution is -0.0995. The van der Waals surface area contributed by atoms with Gasteiger partial charge in [0.15, 0.2) is 0 Å². The summed E-state index contributed by atoms with van der Waals surface area (Å²) in [5.74, 6) is 0. The van der Waals surface area contributed by atoms with Crippen molar-refractivity contribution in [3.05, 3.63) is 0 Å². The number of nitrogens with zero attached hydrogens (tertiary/aromatic N) is 1. The van der Waals surface area contributed by atoms with E-state index < -0.39 is 0 Å². The van der Waals surface area contributed by atoms with Gasteiger partial charge >= 0.3 is 0 Å². The molecule has 3 atom stereocenters. The summed E-state index contributed by atoms with van der Waals surface area (Å²) in [6.45, 7) is 9.80. The highest BCUT2D eigenvalue weighted by molar-refractivity contribution is 4.93. The predicted octanol–water partition coefficient (Wildman–Crippen LogP) is 1.24. The van der Waals surface area contributed by atoms with Crippen LogP contribution >= 0.6 is 0 Å². The molecule has 4 heteroatoms. The van der Waals surface area contributed by atoms with Crippen LogP contribution in [0.5, 0.6) is 0 Å². The highest BCUT2D eigenvalue weighted by Crippen LogP contribution is 2.26. The van der Waals surface area contributed by atoms with Gasteiger partial charge in [0, 0.05) is 38.4 Å². The molecule has 0 radical (unpaired) electrons. The minimum absolute atomic E-state index is 0.0225. The van der Waals surface area contributed by atoms with E-state index in [0.29, 0.717) is 18.7 Å². The van der Waals surface area contributed by atoms with Crippen molar-refractivity contribution in [2.45, 2.75) is 51.3 Å². The second-order valence-electron chi connectivity index (χ2n) is 5.30. The molecule has 0 aromatic heterocycles. The topological polar surface area (TPSA) is 47.7 Å². The Morgan fingerprint density at radius 1 is 1.53 bits per heavy atom. The van der Waals surface area contributed by atoms with Crippen LogP contribution in [0, 0.1) is 0 Å². The molecule has 0 aromatic carbocycles. The summed E-state index contributed by atoms with van der Waals surface area (Å²) in [5.41, 5.74) is 6.03. The second kappa shape index (κ2) is 6.69. The number of methoxy groups -OCH3 is 1. The van der Waals surface area contributed by atoms with Crippen molar-refractivity contribution in [2.75, 3.05) is 33.4 Å². The van der Waals surface area contributed by atoms with Gasteiger partial charge in [-0.15, -0.1) is 0 Å². The lowest BCUT2D eigenvalue weighted by atomic mass is 9.92. The maximum Gasteiger partial charge on any atom is 0.0675 e. The van der Waals surface area contributed by atoms with Crippen LogP contribution in [0.15, 0.2) is 0 Å². The monoisotopic (exact) mass is 244 g/mol. The molecule has 1 rings (SSSR count). The molecule has 1 heterocycles. The summed E-state index contributed by atoms with van der Waals surface area (Å²) >= 11 is 0. The third-order valence-electron chi connectivity index (χ3n) is 3.92. The fraction of sp³-hybridized carbons (Fsp3) is 1.00. The Hall–Kier alpha value is -0.160. The molecule has 1 aliphatic heterocycles. The van der Waals surface area contributed by atoms with E-state index in [4.69, 9.17) is 15.2 Å². The quantitative estimate of drug-likeness (QED) is 0.763. The fourth-order valence-corrected chi connectivity index (χ4v) is 2.53. The maximum absolute atomic E-state index is 6.00. The summed E-state index contributed by atoms with van der Waals surface area (Å²) in [5, 5.41) is 0. The van der Waals surface area contributed by atoms with Crippen molar-refractivity contribution in [3.63, 3.8) is 0 Å². The van der Waals surface area contributed by atoms with E-state index in [1.165, 1.54) is 0 Å². The third kappa shape index (κ3) is 3.65. The molecule has 0 aliphatic carbocycles. The molecule has 1 saturated heterocycles. The minimum Gasteiger partial charge on any atom is -0.385 e. The van der Waals surface area contributed by atoms with Crippen molar-refractivity contribution < 1.29 is 9.47 Å². The zero-order chi connectivity index (χ0) is 12.9. The standard InChI is InChI=1S/C13H28N2O2/c1-5-12-9-17-11(2)8-15(12)13(3,10-14)6-7-16-4/h11-12H,5-10,14H2,1-4H3. The van der Waals surface area contributed by atoms with Crippen molar-refractivity contribution in [3.8, 4) is 0 Å². The van der Waals surface area contributed by atoms with Crippen LogP contribution in [0.4, 0.5) is 0 Å². The Morgan fingerprint density at radius 2 is 2.24 bits per heavy atom. The molecule has 0 spiro atoms. The van der Waals surface area contributed by atoms with Crippen LogP contribution in [0.1, 0.15) is 33.6 Å². The summed E-state index contributed by atoms with van der Waals surface area (Å²) < 4.78 is 11.0. The average molecular weight is 244 g/mol. The van der Waals surface area contributed by atoms with Crippen molar-refractivity contribution >= 4 is 0 Å². The van der Waals surface area contributed by atoms with Crippen LogP contribution in [-0.4, -0.2) is 56.0 Å². The Balaban J connectivity index is 2.74. The van der Waals surface area contributed by atoms with E-state index in [2.05, 4.69) is 25.7 Å². The molecule has 1 fully saturated rings. The lowest BCUT2D eigenvalue weighted by Gasteiger charge is -2.49. The van der Waals surface area contributed by atoms with Crippen LogP contribution in [0.3, 0.4) is 0 Å². The first-order valence-electron chi connectivity index (χ1n) is 6.64. The number of ether oxygens (including phenoxy) is 2. The molecule has 17 heavy (non-hydrogen) atoms. The molecule has 3 unspecified atom stereocenters. The van der Waals surface area contributed by atoms with Crippen molar-refractivity contribution in [1.82, 2.24) is 4.90 Å². The van der Waals surface area contributed by atoms with Gasteiger partial charge in [-0.2, -0.15) is 0 Å². The first-order valence-corrected chi connectivity index (χ1v) is 6.64. The van der Waals surface area contributed by atoms with Gasteiger partial charge in [0.25, 0.3) is 0 Å². The van der Waals surface area contributed by atoms with Gasteiger partial charge in [-0.05, 0) is 26.7 Å². The predicted molar refractivity (Wildman–Crippen MR) is 70.2 cm³/mol. The molecule has 1 aliphatic rings. The number of nitrogens with two attached hydrogens (primary N) is 1. The third-order valence-corrected chi connectivity index (χ3v) is 3.92. The molecule has 0 saturated carbocycles. The van der Waals surface area contributed by atoms with E-state index >= 15 is 0 Å². The maximum atomic E-state index is 6.00. The molecule has 102 valence electrons. The van der Waals surface area contributed by atoms with E-state index in [1.54, 1.807) is 7.11 Å². The first-order chi connectivity index (χ1) is 8.07. The van der Waals surface area contributed by atoms with E-state index in [0.717, 1.165) is 32.6 Å². The number of hydrogen-bond acceptors (Lipinski definition) is 4. The highest BCUT2D eigenvalue weighted by atomic mass is 16.5. The Bertz CT molecular complexity index is 225.